The molecular formula is C16H21BrN2O. The normalized spacial score (nSPS) is 22.0. The molecule has 0 spiro atoms. The Hall–Kier alpha value is -0.870. The maximum Gasteiger partial charge on any atom is 0.254 e. The zero-order valence-corrected chi connectivity index (χ0v) is 13.4. The Morgan fingerprint density at radius 1 is 1.35 bits per heavy atom. The van der Waals surface area contributed by atoms with Gasteiger partial charge in [-0.15, -0.1) is 0 Å². The Kier molecular flexibility index (Phi) is 4.13. The van der Waals surface area contributed by atoms with Gasteiger partial charge in [-0.3, -0.25) is 4.79 Å². The lowest BCUT2D eigenvalue weighted by molar-refractivity contribution is 0.0728. The van der Waals surface area contributed by atoms with Crippen molar-refractivity contribution in [3.63, 3.8) is 0 Å². The first-order valence-electron chi connectivity index (χ1n) is 7.45. The van der Waals surface area contributed by atoms with E-state index in [9.17, 15) is 4.79 Å². The van der Waals surface area contributed by atoms with Gasteiger partial charge in [0.05, 0.1) is 0 Å². The first-order chi connectivity index (χ1) is 9.63. The number of rotatable bonds is 4. The number of nitrogens with zero attached hydrogens (tertiary/aromatic N) is 1. The minimum atomic E-state index is 0.186. The molecule has 0 bridgehead atoms. The van der Waals surface area contributed by atoms with E-state index >= 15 is 0 Å². The minimum absolute atomic E-state index is 0.186. The molecule has 1 heterocycles. The number of hydrogen-bond donors (Lipinski definition) is 1. The van der Waals surface area contributed by atoms with E-state index in [1.165, 1.54) is 12.8 Å². The van der Waals surface area contributed by atoms with Crippen molar-refractivity contribution in [2.45, 2.75) is 44.7 Å². The number of amides is 1. The molecule has 1 aliphatic carbocycles. The summed E-state index contributed by atoms with van der Waals surface area (Å²) in [6.45, 7) is 3.98. The molecule has 0 aromatic heterocycles. The van der Waals surface area contributed by atoms with Crippen LogP contribution in [0.25, 0.3) is 0 Å². The molecule has 1 saturated carbocycles. The van der Waals surface area contributed by atoms with Crippen LogP contribution < -0.4 is 5.32 Å². The number of benzene rings is 1. The highest BCUT2D eigenvalue weighted by Crippen LogP contribution is 2.30. The van der Waals surface area contributed by atoms with E-state index in [4.69, 9.17) is 0 Å². The van der Waals surface area contributed by atoms with Gasteiger partial charge >= 0.3 is 0 Å². The maximum absolute atomic E-state index is 12.8. The summed E-state index contributed by atoms with van der Waals surface area (Å²) in [5, 5.41) is 3.50. The van der Waals surface area contributed by atoms with Crippen molar-refractivity contribution in [3.8, 4) is 0 Å². The van der Waals surface area contributed by atoms with Crippen molar-refractivity contribution >= 4 is 21.8 Å². The molecule has 1 unspecified atom stereocenters. The Labute approximate surface area is 128 Å². The molecule has 4 heteroatoms. The van der Waals surface area contributed by atoms with Gasteiger partial charge in [-0.05, 0) is 62.9 Å². The van der Waals surface area contributed by atoms with Crippen molar-refractivity contribution in [2.24, 2.45) is 0 Å². The summed E-state index contributed by atoms with van der Waals surface area (Å²) in [5.74, 6) is 0.186. The highest BCUT2D eigenvalue weighted by atomic mass is 79.9. The van der Waals surface area contributed by atoms with Crippen molar-refractivity contribution in [1.82, 2.24) is 10.2 Å². The monoisotopic (exact) mass is 336 g/mol. The summed E-state index contributed by atoms with van der Waals surface area (Å²) >= 11 is 3.49. The number of carbonyl (C=O) groups excluding carboxylic acids is 1. The number of halogens is 1. The molecule has 1 aromatic carbocycles. The zero-order valence-electron chi connectivity index (χ0n) is 11.9. The Balaban J connectivity index is 1.77. The third-order valence-electron chi connectivity index (χ3n) is 4.12. The van der Waals surface area contributed by atoms with Gasteiger partial charge in [0.25, 0.3) is 5.91 Å². The van der Waals surface area contributed by atoms with E-state index < -0.39 is 0 Å². The van der Waals surface area contributed by atoms with Crippen LogP contribution in [0.3, 0.4) is 0 Å². The van der Waals surface area contributed by atoms with Crippen LogP contribution in [0.5, 0.6) is 0 Å². The maximum atomic E-state index is 12.8. The van der Waals surface area contributed by atoms with E-state index in [0.29, 0.717) is 12.1 Å². The van der Waals surface area contributed by atoms with Crippen LogP contribution in [0.4, 0.5) is 0 Å². The van der Waals surface area contributed by atoms with Crippen molar-refractivity contribution in [1.29, 1.82) is 0 Å². The first kappa shape index (κ1) is 14.1. The van der Waals surface area contributed by atoms with Crippen LogP contribution in [0, 0.1) is 6.92 Å². The van der Waals surface area contributed by atoms with E-state index in [1.807, 2.05) is 25.1 Å². The quantitative estimate of drug-likeness (QED) is 0.916. The smallest absolute Gasteiger partial charge is 0.254 e. The zero-order chi connectivity index (χ0) is 14.1. The molecule has 1 aliphatic heterocycles. The van der Waals surface area contributed by atoms with Gasteiger partial charge < -0.3 is 10.2 Å². The Bertz CT molecular complexity index is 487. The van der Waals surface area contributed by atoms with Crippen LogP contribution in [-0.2, 0) is 0 Å². The molecule has 1 amide bonds. The average Bonchev–Trinajstić information content (AvgIpc) is 3.11. The lowest BCUT2D eigenvalue weighted by Gasteiger charge is -2.26. The Morgan fingerprint density at radius 3 is 2.75 bits per heavy atom. The second-order valence-electron chi connectivity index (χ2n) is 6.00. The van der Waals surface area contributed by atoms with Gasteiger partial charge in [-0.1, -0.05) is 15.9 Å². The number of hydrogen-bond acceptors (Lipinski definition) is 2. The van der Waals surface area contributed by atoms with Gasteiger partial charge in [0.1, 0.15) is 0 Å². The van der Waals surface area contributed by atoms with Gasteiger partial charge in [0.2, 0.25) is 0 Å². The summed E-state index contributed by atoms with van der Waals surface area (Å²) in [4.78, 5) is 14.9. The van der Waals surface area contributed by atoms with Crippen LogP contribution in [-0.4, -0.2) is 36.0 Å². The van der Waals surface area contributed by atoms with Crippen LogP contribution in [0.15, 0.2) is 22.7 Å². The lowest BCUT2D eigenvalue weighted by atomic mass is 10.1. The highest BCUT2D eigenvalue weighted by Gasteiger charge is 2.35. The molecule has 2 aliphatic rings. The molecule has 3 nitrogen and oxygen atoms in total. The minimum Gasteiger partial charge on any atom is -0.334 e. The topological polar surface area (TPSA) is 32.3 Å². The predicted octanol–water partition coefficient (Wildman–Crippen LogP) is 3.11. The SMILES string of the molecule is Cc1cc(Br)cc(C(=O)N(CC2CCCN2)C2CC2)c1. The van der Waals surface area contributed by atoms with E-state index in [1.54, 1.807) is 0 Å². The van der Waals surface area contributed by atoms with E-state index in [-0.39, 0.29) is 5.91 Å². The largest absolute Gasteiger partial charge is 0.334 e. The van der Waals surface area contributed by atoms with Crippen molar-refractivity contribution in [2.75, 3.05) is 13.1 Å². The molecule has 1 atom stereocenters. The predicted molar refractivity (Wildman–Crippen MR) is 84.0 cm³/mol. The van der Waals surface area contributed by atoms with Gasteiger partial charge in [0.15, 0.2) is 0 Å². The summed E-state index contributed by atoms with van der Waals surface area (Å²) in [5.41, 5.74) is 1.93. The second kappa shape index (κ2) is 5.86. The number of carbonyl (C=O) groups is 1. The molecule has 1 saturated heterocycles. The third kappa shape index (κ3) is 3.23. The fourth-order valence-corrected chi connectivity index (χ4v) is 3.57. The first-order valence-corrected chi connectivity index (χ1v) is 8.24. The molecule has 2 fully saturated rings. The Morgan fingerprint density at radius 2 is 2.15 bits per heavy atom. The summed E-state index contributed by atoms with van der Waals surface area (Å²) < 4.78 is 0.982. The fourth-order valence-electron chi connectivity index (χ4n) is 2.96. The van der Waals surface area contributed by atoms with E-state index in [2.05, 4.69) is 26.1 Å². The highest BCUT2D eigenvalue weighted by molar-refractivity contribution is 9.10. The molecular weight excluding hydrogens is 316 g/mol. The summed E-state index contributed by atoms with van der Waals surface area (Å²) in [7, 11) is 0. The van der Waals surface area contributed by atoms with Gasteiger partial charge in [-0.25, -0.2) is 0 Å². The molecule has 0 radical (unpaired) electrons. The second-order valence-corrected chi connectivity index (χ2v) is 6.91. The standard InChI is InChI=1S/C16H21BrN2O/c1-11-7-12(9-13(17)8-11)16(20)19(15-4-5-15)10-14-3-2-6-18-14/h7-9,14-15,18H,2-6,10H2,1H3. The van der Waals surface area contributed by atoms with Crippen LogP contribution >= 0.6 is 15.9 Å². The average molecular weight is 337 g/mol. The number of nitrogens with one attached hydrogen (secondary N) is 1. The summed E-state index contributed by atoms with van der Waals surface area (Å²) in [6, 6.07) is 6.91. The molecule has 1 N–H and O–H groups in total. The summed E-state index contributed by atoms with van der Waals surface area (Å²) in [6.07, 6.45) is 4.73. The molecule has 20 heavy (non-hydrogen) atoms. The molecule has 108 valence electrons. The van der Waals surface area contributed by atoms with Gasteiger partial charge in [0, 0.05) is 28.7 Å². The molecule has 3 rings (SSSR count). The van der Waals surface area contributed by atoms with Gasteiger partial charge in [-0.2, -0.15) is 0 Å². The van der Waals surface area contributed by atoms with Crippen molar-refractivity contribution < 1.29 is 4.79 Å². The van der Waals surface area contributed by atoms with E-state index in [0.717, 1.165) is 41.5 Å². The third-order valence-corrected chi connectivity index (χ3v) is 4.57. The van der Waals surface area contributed by atoms with Crippen molar-refractivity contribution in [3.05, 3.63) is 33.8 Å². The fraction of sp³-hybridized carbons (Fsp3) is 0.562. The van der Waals surface area contributed by atoms with Crippen LogP contribution in [0.1, 0.15) is 41.6 Å². The molecule has 1 aromatic rings. The number of aryl methyl sites for hydroxylation is 1. The van der Waals surface area contributed by atoms with Crippen LogP contribution in [0.2, 0.25) is 0 Å². The lowest BCUT2D eigenvalue weighted by Crippen LogP contribution is -2.42.